The largest absolute Gasteiger partial charge is 0.382 e. The standard InChI is InChI=1S/C14H16ClN5/c1-9(10-4-3-5-11(15)6-10)20(2)13-8-18-12(7-19-13)14(16)17/h3-9H,1-2H3,(H3,16,17). The molecule has 1 aromatic heterocycles. The number of nitrogen functional groups attached to an aromatic ring is 1. The topological polar surface area (TPSA) is 78.9 Å². The summed E-state index contributed by atoms with van der Waals surface area (Å²) in [5.74, 6) is 0.622. The molecule has 0 saturated carbocycles. The predicted octanol–water partition coefficient (Wildman–Crippen LogP) is 2.61. The number of nitrogens with zero attached hydrogens (tertiary/aromatic N) is 3. The van der Waals surface area contributed by atoms with E-state index in [1.165, 1.54) is 6.20 Å². The van der Waals surface area contributed by atoms with E-state index in [4.69, 9.17) is 22.7 Å². The fourth-order valence-electron chi connectivity index (χ4n) is 1.83. The van der Waals surface area contributed by atoms with Gasteiger partial charge >= 0.3 is 0 Å². The summed E-state index contributed by atoms with van der Waals surface area (Å²) in [6, 6.07) is 7.82. The van der Waals surface area contributed by atoms with Crippen LogP contribution >= 0.6 is 11.6 Å². The second-order valence-corrected chi connectivity index (χ2v) is 4.95. The van der Waals surface area contributed by atoms with Crippen molar-refractivity contribution in [2.75, 3.05) is 11.9 Å². The number of aromatic nitrogens is 2. The molecule has 0 aliphatic carbocycles. The molecule has 0 radical (unpaired) electrons. The Hall–Kier alpha value is -2.14. The third kappa shape index (κ3) is 3.05. The lowest BCUT2D eigenvalue weighted by atomic mass is 10.1. The minimum absolute atomic E-state index is 0.0883. The van der Waals surface area contributed by atoms with Crippen molar-refractivity contribution in [2.45, 2.75) is 13.0 Å². The lowest BCUT2D eigenvalue weighted by Crippen LogP contribution is -2.23. The van der Waals surface area contributed by atoms with Gasteiger partial charge in [0.1, 0.15) is 17.3 Å². The molecule has 2 rings (SSSR count). The van der Waals surface area contributed by atoms with E-state index in [1.807, 2.05) is 36.2 Å². The number of rotatable bonds is 4. The molecule has 0 aliphatic heterocycles. The van der Waals surface area contributed by atoms with Crippen molar-refractivity contribution in [1.82, 2.24) is 9.97 Å². The molecule has 0 bridgehead atoms. The van der Waals surface area contributed by atoms with E-state index < -0.39 is 0 Å². The minimum atomic E-state index is -0.0883. The average molecular weight is 290 g/mol. The average Bonchev–Trinajstić information content (AvgIpc) is 2.46. The van der Waals surface area contributed by atoms with Crippen LogP contribution in [0.4, 0.5) is 5.82 Å². The van der Waals surface area contributed by atoms with Gasteiger partial charge in [0, 0.05) is 12.1 Å². The highest BCUT2D eigenvalue weighted by Crippen LogP contribution is 2.25. The SMILES string of the molecule is CC(c1cccc(Cl)c1)N(C)c1cnc(C(=N)N)cn1. The Labute approximate surface area is 122 Å². The van der Waals surface area contributed by atoms with E-state index in [2.05, 4.69) is 16.9 Å². The quantitative estimate of drug-likeness (QED) is 0.670. The molecule has 5 nitrogen and oxygen atoms in total. The highest BCUT2D eigenvalue weighted by Gasteiger charge is 2.14. The van der Waals surface area contributed by atoms with Gasteiger partial charge in [0.05, 0.1) is 18.4 Å². The van der Waals surface area contributed by atoms with Crippen molar-refractivity contribution < 1.29 is 0 Å². The molecule has 104 valence electrons. The zero-order chi connectivity index (χ0) is 14.7. The van der Waals surface area contributed by atoms with Crippen LogP contribution in [0, 0.1) is 5.41 Å². The first kappa shape index (κ1) is 14.3. The molecule has 1 unspecified atom stereocenters. The first-order valence-corrected chi connectivity index (χ1v) is 6.51. The Morgan fingerprint density at radius 2 is 2.10 bits per heavy atom. The molecular formula is C14H16ClN5. The summed E-state index contributed by atoms with van der Waals surface area (Å²) in [5, 5.41) is 8.01. The highest BCUT2D eigenvalue weighted by atomic mass is 35.5. The van der Waals surface area contributed by atoms with E-state index >= 15 is 0 Å². The smallest absolute Gasteiger partial charge is 0.147 e. The molecule has 0 amide bonds. The van der Waals surface area contributed by atoms with E-state index in [-0.39, 0.29) is 11.9 Å². The normalized spacial score (nSPS) is 11.9. The van der Waals surface area contributed by atoms with Gasteiger partial charge < -0.3 is 10.6 Å². The van der Waals surface area contributed by atoms with E-state index in [1.54, 1.807) is 6.20 Å². The molecule has 1 heterocycles. The maximum atomic E-state index is 7.30. The molecule has 2 aromatic rings. The molecule has 0 saturated heterocycles. The van der Waals surface area contributed by atoms with Crippen molar-refractivity contribution in [3.63, 3.8) is 0 Å². The van der Waals surface area contributed by atoms with Gasteiger partial charge in [-0.1, -0.05) is 23.7 Å². The summed E-state index contributed by atoms with van der Waals surface area (Å²) in [7, 11) is 1.93. The second kappa shape index (κ2) is 5.88. The predicted molar refractivity (Wildman–Crippen MR) is 81.3 cm³/mol. The number of nitrogens with two attached hydrogens (primary N) is 1. The summed E-state index contributed by atoms with van der Waals surface area (Å²) >= 11 is 6.01. The number of nitrogens with one attached hydrogen (secondary N) is 1. The van der Waals surface area contributed by atoms with Crippen molar-refractivity contribution in [3.05, 3.63) is 52.9 Å². The molecule has 3 N–H and O–H groups in total. The third-order valence-corrected chi connectivity index (χ3v) is 3.42. The fourth-order valence-corrected chi connectivity index (χ4v) is 2.03. The summed E-state index contributed by atoms with van der Waals surface area (Å²) in [6.07, 6.45) is 3.11. The van der Waals surface area contributed by atoms with Crippen molar-refractivity contribution in [2.24, 2.45) is 5.73 Å². The molecule has 0 aliphatic rings. The lowest BCUT2D eigenvalue weighted by Gasteiger charge is -2.26. The zero-order valence-electron chi connectivity index (χ0n) is 11.3. The van der Waals surface area contributed by atoms with Crippen LogP contribution < -0.4 is 10.6 Å². The molecule has 1 atom stereocenters. The lowest BCUT2D eigenvalue weighted by molar-refractivity contribution is 0.726. The van der Waals surface area contributed by atoms with Gasteiger partial charge in [-0.2, -0.15) is 0 Å². The highest BCUT2D eigenvalue weighted by molar-refractivity contribution is 6.30. The fraction of sp³-hybridized carbons (Fsp3) is 0.214. The van der Waals surface area contributed by atoms with Gasteiger partial charge in [0.25, 0.3) is 0 Å². The van der Waals surface area contributed by atoms with Gasteiger partial charge in [0.2, 0.25) is 0 Å². The molecular weight excluding hydrogens is 274 g/mol. The van der Waals surface area contributed by atoms with E-state index in [9.17, 15) is 0 Å². The van der Waals surface area contributed by atoms with Crippen LogP contribution in [-0.2, 0) is 0 Å². The van der Waals surface area contributed by atoms with Crippen LogP contribution in [-0.4, -0.2) is 22.9 Å². The van der Waals surface area contributed by atoms with Gasteiger partial charge in [-0.25, -0.2) is 9.97 Å². The Morgan fingerprint density at radius 3 is 2.65 bits per heavy atom. The number of hydrogen-bond acceptors (Lipinski definition) is 4. The third-order valence-electron chi connectivity index (χ3n) is 3.19. The summed E-state index contributed by atoms with van der Waals surface area (Å²) in [6.45, 7) is 2.06. The number of anilines is 1. The Bertz CT molecular complexity index is 611. The molecule has 20 heavy (non-hydrogen) atoms. The summed E-state index contributed by atoms with van der Waals surface area (Å²) in [4.78, 5) is 10.4. The van der Waals surface area contributed by atoms with E-state index in [0.717, 1.165) is 5.56 Å². The van der Waals surface area contributed by atoms with Crippen LogP contribution in [0.1, 0.15) is 24.2 Å². The molecule has 1 aromatic carbocycles. The minimum Gasteiger partial charge on any atom is -0.382 e. The van der Waals surface area contributed by atoms with Crippen molar-refractivity contribution in [3.8, 4) is 0 Å². The van der Waals surface area contributed by atoms with Gasteiger partial charge in [-0.3, -0.25) is 5.41 Å². The monoisotopic (exact) mass is 289 g/mol. The zero-order valence-corrected chi connectivity index (χ0v) is 12.1. The second-order valence-electron chi connectivity index (χ2n) is 4.52. The Kier molecular flexibility index (Phi) is 4.20. The maximum Gasteiger partial charge on any atom is 0.147 e. The van der Waals surface area contributed by atoms with Crippen LogP contribution in [0.3, 0.4) is 0 Å². The maximum absolute atomic E-state index is 7.30. The van der Waals surface area contributed by atoms with Gasteiger partial charge in [0.15, 0.2) is 0 Å². The van der Waals surface area contributed by atoms with Crippen LogP contribution in [0.2, 0.25) is 5.02 Å². The molecule has 6 heteroatoms. The van der Waals surface area contributed by atoms with Crippen LogP contribution in [0.25, 0.3) is 0 Å². The summed E-state index contributed by atoms with van der Waals surface area (Å²) < 4.78 is 0. The first-order chi connectivity index (χ1) is 9.49. The number of halogens is 1. The van der Waals surface area contributed by atoms with Crippen LogP contribution in [0.5, 0.6) is 0 Å². The number of hydrogen-bond donors (Lipinski definition) is 2. The van der Waals surface area contributed by atoms with Gasteiger partial charge in [-0.05, 0) is 24.6 Å². The van der Waals surface area contributed by atoms with Crippen molar-refractivity contribution >= 4 is 23.3 Å². The number of amidine groups is 1. The van der Waals surface area contributed by atoms with Crippen molar-refractivity contribution in [1.29, 1.82) is 5.41 Å². The number of benzene rings is 1. The Balaban J connectivity index is 2.22. The summed E-state index contributed by atoms with van der Waals surface area (Å²) in [5.41, 5.74) is 6.83. The first-order valence-electron chi connectivity index (χ1n) is 6.14. The Morgan fingerprint density at radius 1 is 1.35 bits per heavy atom. The van der Waals surface area contributed by atoms with Gasteiger partial charge in [-0.15, -0.1) is 0 Å². The molecule has 0 spiro atoms. The van der Waals surface area contributed by atoms with Crippen LogP contribution in [0.15, 0.2) is 36.7 Å². The molecule has 0 fully saturated rings. The van der Waals surface area contributed by atoms with E-state index in [0.29, 0.717) is 16.5 Å².